The second-order valence-corrected chi connectivity index (χ2v) is 7.60. The fourth-order valence-electron chi connectivity index (χ4n) is 1.97. The number of rotatable bonds is 9. The molecule has 0 saturated carbocycles. The van der Waals surface area contributed by atoms with Crippen LogP contribution in [0, 0.1) is 16.7 Å². The molecule has 0 atom stereocenters. The van der Waals surface area contributed by atoms with Crippen LogP contribution < -0.4 is 5.32 Å². The maximum Gasteiger partial charge on any atom is 0.143 e. The van der Waals surface area contributed by atoms with Crippen molar-refractivity contribution in [3.63, 3.8) is 0 Å². The molecule has 21 heavy (non-hydrogen) atoms. The lowest BCUT2D eigenvalue weighted by atomic mass is 9.83. The van der Waals surface area contributed by atoms with Crippen molar-refractivity contribution < 1.29 is 9.53 Å². The van der Waals surface area contributed by atoms with Crippen LogP contribution in [-0.4, -0.2) is 31.6 Å². The van der Waals surface area contributed by atoms with Crippen LogP contribution in [0.15, 0.2) is 0 Å². The minimum absolute atomic E-state index is 0.0641. The number of carbonyl (C=O) groups excluding carboxylic acids is 1. The summed E-state index contributed by atoms with van der Waals surface area (Å²) >= 11 is 0. The van der Waals surface area contributed by atoms with Gasteiger partial charge in [-0.3, -0.25) is 4.79 Å². The third-order valence-corrected chi connectivity index (χ3v) is 3.14. The van der Waals surface area contributed by atoms with E-state index in [1.165, 1.54) is 0 Å². The van der Waals surface area contributed by atoms with E-state index in [-0.39, 0.29) is 17.1 Å². The fraction of sp³-hybridized carbons (Fsp3) is 0.944. The Labute approximate surface area is 133 Å². The molecule has 128 valence electrons. The van der Waals surface area contributed by atoms with Crippen LogP contribution in [-0.2, 0) is 9.53 Å². The van der Waals surface area contributed by atoms with Gasteiger partial charge in [-0.05, 0) is 0 Å². The molecule has 0 saturated heterocycles. The molecule has 0 aromatic heterocycles. The molecule has 0 unspecified atom stereocenters. The molecule has 3 nitrogen and oxygen atoms in total. The average Bonchev–Trinajstić information content (AvgIpc) is 2.37. The number of ketones is 1. The van der Waals surface area contributed by atoms with E-state index in [2.05, 4.69) is 33.0 Å². The molecule has 1 N–H and O–H groups in total. The fourth-order valence-corrected chi connectivity index (χ4v) is 1.97. The van der Waals surface area contributed by atoms with E-state index in [1.54, 1.807) is 0 Å². The van der Waals surface area contributed by atoms with Gasteiger partial charge in [-0.15, -0.1) is 0 Å². The molecule has 0 aromatic rings. The summed E-state index contributed by atoms with van der Waals surface area (Å²) in [5.74, 6) is 0.333. The molecular formula is C18H39NO2. The number of hydrogen-bond donors (Lipinski definition) is 1. The Kier molecular flexibility index (Phi) is 11.3. The molecule has 0 radical (unpaired) electrons. The number of Topliss-reactive ketones (excluding diaryl/α,β-unsaturated/α-hetero) is 1. The third kappa shape index (κ3) is 10.9. The zero-order valence-electron chi connectivity index (χ0n) is 16.1. The highest BCUT2D eigenvalue weighted by Gasteiger charge is 2.30. The second-order valence-electron chi connectivity index (χ2n) is 7.60. The summed E-state index contributed by atoms with van der Waals surface area (Å²) in [5, 5.41) is 3.43. The Balaban J connectivity index is 0. The van der Waals surface area contributed by atoms with Gasteiger partial charge in [-0.2, -0.15) is 0 Å². The molecule has 0 aromatic carbocycles. The quantitative estimate of drug-likeness (QED) is 0.690. The van der Waals surface area contributed by atoms with Crippen LogP contribution in [0.3, 0.4) is 0 Å². The van der Waals surface area contributed by atoms with Crippen LogP contribution in [0.2, 0.25) is 0 Å². The van der Waals surface area contributed by atoms with E-state index in [9.17, 15) is 4.79 Å². The third-order valence-electron chi connectivity index (χ3n) is 3.14. The summed E-state index contributed by atoms with van der Waals surface area (Å²) in [6.07, 6.45) is 0. The van der Waals surface area contributed by atoms with Crippen molar-refractivity contribution in [3.8, 4) is 0 Å². The van der Waals surface area contributed by atoms with Crippen molar-refractivity contribution in [1.29, 1.82) is 0 Å². The predicted octanol–water partition coefficient (Wildman–Crippen LogP) is 4.30. The zero-order chi connectivity index (χ0) is 17.3. The van der Waals surface area contributed by atoms with Crippen molar-refractivity contribution in [3.05, 3.63) is 0 Å². The van der Waals surface area contributed by atoms with E-state index in [4.69, 9.17) is 4.74 Å². The Morgan fingerprint density at radius 1 is 1.00 bits per heavy atom. The minimum atomic E-state index is -0.393. The van der Waals surface area contributed by atoms with Crippen molar-refractivity contribution in [2.75, 3.05) is 19.8 Å². The Bertz CT molecular complexity index is 281. The van der Waals surface area contributed by atoms with E-state index in [0.717, 1.165) is 6.54 Å². The summed E-state index contributed by atoms with van der Waals surface area (Å²) in [7, 11) is 0. The molecular weight excluding hydrogens is 262 g/mol. The van der Waals surface area contributed by atoms with Crippen LogP contribution >= 0.6 is 0 Å². The molecule has 0 spiro atoms. The molecule has 0 fully saturated rings. The van der Waals surface area contributed by atoms with E-state index >= 15 is 0 Å². The maximum atomic E-state index is 12.0. The van der Waals surface area contributed by atoms with Gasteiger partial charge in [0, 0.05) is 29.3 Å². The van der Waals surface area contributed by atoms with Crippen molar-refractivity contribution in [1.82, 2.24) is 5.32 Å². The topological polar surface area (TPSA) is 38.3 Å². The first-order valence-electron chi connectivity index (χ1n) is 8.33. The molecule has 0 heterocycles. The minimum Gasteiger partial charge on any atom is -0.380 e. The van der Waals surface area contributed by atoms with Gasteiger partial charge in [0.15, 0.2) is 0 Å². The molecule has 0 amide bonds. The number of hydrogen-bond acceptors (Lipinski definition) is 3. The molecule has 0 rings (SSSR count). The number of nitrogens with one attached hydrogen (secondary N) is 1. The van der Waals surface area contributed by atoms with Crippen LogP contribution in [0.1, 0.15) is 69.2 Å². The van der Waals surface area contributed by atoms with Crippen LogP contribution in [0.4, 0.5) is 0 Å². The maximum absolute atomic E-state index is 12.0. The Morgan fingerprint density at radius 3 is 1.86 bits per heavy atom. The lowest BCUT2D eigenvalue weighted by Gasteiger charge is -2.30. The lowest BCUT2D eigenvalue weighted by Crippen LogP contribution is -2.39. The molecule has 0 aliphatic carbocycles. The summed E-state index contributed by atoms with van der Waals surface area (Å²) in [5.41, 5.74) is -0.309. The summed E-state index contributed by atoms with van der Waals surface area (Å²) in [6, 6.07) is 0.484. The molecule has 0 bridgehead atoms. The van der Waals surface area contributed by atoms with Crippen LogP contribution in [0.5, 0.6) is 0 Å². The normalized spacial score (nSPS) is 12.4. The average molecular weight is 302 g/mol. The van der Waals surface area contributed by atoms with Crippen molar-refractivity contribution >= 4 is 5.78 Å². The highest BCUT2D eigenvalue weighted by molar-refractivity contribution is 5.85. The van der Waals surface area contributed by atoms with E-state index in [1.807, 2.05) is 41.5 Å². The van der Waals surface area contributed by atoms with Gasteiger partial charge in [0.1, 0.15) is 5.78 Å². The van der Waals surface area contributed by atoms with Gasteiger partial charge in [0.05, 0.1) is 13.2 Å². The monoisotopic (exact) mass is 301 g/mol. The van der Waals surface area contributed by atoms with E-state index in [0.29, 0.717) is 19.3 Å². The van der Waals surface area contributed by atoms with Crippen LogP contribution in [0.25, 0.3) is 0 Å². The summed E-state index contributed by atoms with van der Waals surface area (Å²) in [4.78, 5) is 12.0. The van der Waals surface area contributed by atoms with E-state index < -0.39 is 5.41 Å². The summed E-state index contributed by atoms with van der Waals surface area (Å²) in [6.45, 7) is 22.5. The predicted molar refractivity (Wildman–Crippen MR) is 92.7 cm³/mol. The van der Waals surface area contributed by atoms with Crippen molar-refractivity contribution in [2.24, 2.45) is 16.7 Å². The number of ether oxygens (including phenoxy) is 1. The van der Waals surface area contributed by atoms with Gasteiger partial charge in [0.25, 0.3) is 0 Å². The van der Waals surface area contributed by atoms with Gasteiger partial charge in [-0.1, -0.05) is 69.2 Å². The Morgan fingerprint density at radius 2 is 1.48 bits per heavy atom. The van der Waals surface area contributed by atoms with Gasteiger partial charge >= 0.3 is 0 Å². The number of carbonyl (C=O) groups is 1. The smallest absolute Gasteiger partial charge is 0.143 e. The lowest BCUT2D eigenvalue weighted by molar-refractivity contribution is -0.134. The first-order valence-corrected chi connectivity index (χ1v) is 8.33. The molecule has 0 aliphatic rings. The molecule has 3 heteroatoms. The Hall–Kier alpha value is -0.410. The standard InChI is InChI=1S/C16H33NO2.C2H6/c1-12(2)14(18)16(7,8)11-19-10-15(5,6)9-17-13(3)4;1-2/h12-13,17H,9-11H2,1-8H3;1-2H3. The van der Waals surface area contributed by atoms with Crippen molar-refractivity contribution in [2.45, 2.75) is 75.3 Å². The SMILES string of the molecule is CC.CC(C)NCC(C)(C)COCC(C)(C)C(=O)C(C)C. The molecule has 0 aliphatic heterocycles. The largest absolute Gasteiger partial charge is 0.380 e. The van der Waals surface area contributed by atoms with Gasteiger partial charge < -0.3 is 10.1 Å². The second kappa shape index (κ2) is 10.3. The zero-order valence-corrected chi connectivity index (χ0v) is 16.1. The summed E-state index contributed by atoms with van der Waals surface area (Å²) < 4.78 is 5.81. The highest BCUT2D eigenvalue weighted by Crippen LogP contribution is 2.23. The highest BCUT2D eigenvalue weighted by atomic mass is 16.5. The van der Waals surface area contributed by atoms with Gasteiger partial charge in [-0.25, -0.2) is 0 Å². The van der Waals surface area contributed by atoms with Gasteiger partial charge in [0.2, 0.25) is 0 Å². The first-order chi connectivity index (χ1) is 9.48. The first kappa shape index (κ1) is 22.9.